The van der Waals surface area contributed by atoms with Crippen molar-refractivity contribution in [2.24, 2.45) is 28.9 Å². The molecule has 4 heteroatoms. The smallest absolute Gasteiger partial charge is 0.224 e. The second-order valence-corrected chi connectivity index (χ2v) is 6.82. The van der Waals surface area contributed by atoms with E-state index in [1.807, 2.05) is 0 Å². The highest BCUT2D eigenvalue weighted by Crippen LogP contribution is 2.47. The Hall–Kier alpha value is -0.280. The zero-order valence-electron chi connectivity index (χ0n) is 11.2. The minimum atomic E-state index is 0. The molecule has 104 valence electrons. The summed E-state index contributed by atoms with van der Waals surface area (Å²) < 4.78 is 0. The summed E-state index contributed by atoms with van der Waals surface area (Å²) in [7, 11) is 0. The van der Waals surface area contributed by atoms with E-state index in [1.54, 1.807) is 0 Å². The zero-order valence-corrected chi connectivity index (χ0v) is 12.0. The molecule has 3 nitrogen and oxygen atoms in total. The van der Waals surface area contributed by atoms with Crippen molar-refractivity contribution in [3.8, 4) is 0 Å². The van der Waals surface area contributed by atoms with Crippen LogP contribution in [0.3, 0.4) is 0 Å². The lowest BCUT2D eigenvalue weighted by Gasteiger charge is -2.39. The summed E-state index contributed by atoms with van der Waals surface area (Å²) in [4.78, 5) is 12.2. The minimum Gasteiger partial charge on any atom is -0.355 e. The van der Waals surface area contributed by atoms with Gasteiger partial charge in [0, 0.05) is 12.6 Å². The van der Waals surface area contributed by atoms with Gasteiger partial charge < -0.3 is 11.1 Å². The Kier molecular flexibility index (Phi) is 3.93. The highest BCUT2D eigenvalue weighted by atomic mass is 35.5. The fourth-order valence-electron chi connectivity index (χ4n) is 4.10. The van der Waals surface area contributed by atoms with Crippen molar-refractivity contribution < 1.29 is 4.79 Å². The third-order valence-electron chi connectivity index (χ3n) is 5.53. The fraction of sp³-hybridized carbons (Fsp3) is 0.929. The molecule has 3 aliphatic rings. The number of carbonyl (C=O) groups excluding carboxylic acids is 1. The summed E-state index contributed by atoms with van der Waals surface area (Å²) >= 11 is 0. The molecule has 0 aliphatic heterocycles. The highest BCUT2D eigenvalue weighted by Gasteiger charge is 2.49. The first-order valence-corrected chi connectivity index (χ1v) is 7.12. The van der Waals surface area contributed by atoms with E-state index in [-0.39, 0.29) is 30.3 Å². The number of hydrogen-bond acceptors (Lipinski definition) is 2. The van der Waals surface area contributed by atoms with Gasteiger partial charge in [-0.25, -0.2) is 0 Å². The lowest BCUT2D eigenvalue weighted by molar-refractivity contribution is -0.127. The van der Waals surface area contributed by atoms with Crippen LogP contribution in [0.4, 0.5) is 0 Å². The molecule has 18 heavy (non-hydrogen) atoms. The maximum absolute atomic E-state index is 12.2. The molecule has 1 amide bonds. The van der Waals surface area contributed by atoms with Crippen LogP contribution in [0.25, 0.3) is 0 Å². The molecule has 0 unspecified atom stereocenters. The van der Waals surface area contributed by atoms with E-state index < -0.39 is 0 Å². The largest absolute Gasteiger partial charge is 0.355 e. The van der Waals surface area contributed by atoms with Crippen LogP contribution < -0.4 is 11.1 Å². The van der Waals surface area contributed by atoms with Crippen LogP contribution in [0, 0.1) is 23.2 Å². The van der Waals surface area contributed by atoms with Gasteiger partial charge in [-0.3, -0.25) is 4.79 Å². The molecule has 3 rings (SSSR count). The molecular formula is C14H25ClN2O. The number of halogens is 1. The van der Waals surface area contributed by atoms with Crippen LogP contribution in [-0.2, 0) is 4.79 Å². The van der Waals surface area contributed by atoms with Crippen molar-refractivity contribution in [3.63, 3.8) is 0 Å². The van der Waals surface area contributed by atoms with Gasteiger partial charge in [-0.15, -0.1) is 12.4 Å². The van der Waals surface area contributed by atoms with Crippen LogP contribution >= 0.6 is 12.4 Å². The average molecular weight is 273 g/mol. The predicted octanol–water partition coefficient (Wildman–Crippen LogP) is 2.09. The number of rotatable bonds is 3. The first-order valence-electron chi connectivity index (χ1n) is 7.12. The summed E-state index contributed by atoms with van der Waals surface area (Å²) in [5.74, 6) is 1.54. The first-order chi connectivity index (χ1) is 8.09. The Bertz CT molecular complexity index is 328. The SMILES string of the molecule is CC1(CNC(=O)[C@H]2[C@@H]3CC[C@@H](C3)[C@H]2N)CCC1.Cl. The first kappa shape index (κ1) is 14.1. The van der Waals surface area contributed by atoms with Crippen molar-refractivity contribution in [2.45, 2.75) is 51.5 Å². The number of amides is 1. The third kappa shape index (κ3) is 2.27. The Labute approximate surface area is 116 Å². The lowest BCUT2D eigenvalue weighted by Crippen LogP contribution is -2.48. The molecule has 0 aromatic rings. The molecule has 0 spiro atoms. The van der Waals surface area contributed by atoms with E-state index in [1.165, 1.54) is 38.5 Å². The third-order valence-corrected chi connectivity index (χ3v) is 5.53. The molecule has 2 bridgehead atoms. The maximum Gasteiger partial charge on any atom is 0.224 e. The van der Waals surface area contributed by atoms with Crippen molar-refractivity contribution in [1.82, 2.24) is 5.32 Å². The van der Waals surface area contributed by atoms with Crippen molar-refractivity contribution in [2.75, 3.05) is 6.54 Å². The van der Waals surface area contributed by atoms with Crippen LogP contribution in [0.2, 0.25) is 0 Å². The molecule has 3 saturated carbocycles. The zero-order chi connectivity index (χ0) is 12.0. The summed E-state index contributed by atoms with van der Waals surface area (Å²) in [6.07, 6.45) is 7.49. The van der Waals surface area contributed by atoms with E-state index >= 15 is 0 Å². The minimum absolute atomic E-state index is 0. The van der Waals surface area contributed by atoms with E-state index in [0.29, 0.717) is 17.3 Å². The van der Waals surface area contributed by atoms with Gasteiger partial charge >= 0.3 is 0 Å². The number of carbonyl (C=O) groups is 1. The molecule has 0 aromatic heterocycles. The van der Waals surface area contributed by atoms with Crippen molar-refractivity contribution in [1.29, 1.82) is 0 Å². The van der Waals surface area contributed by atoms with E-state index in [0.717, 1.165) is 6.54 Å². The average Bonchev–Trinajstić information content (AvgIpc) is 2.83. The van der Waals surface area contributed by atoms with Crippen molar-refractivity contribution in [3.05, 3.63) is 0 Å². The van der Waals surface area contributed by atoms with Crippen LogP contribution in [0.15, 0.2) is 0 Å². The summed E-state index contributed by atoms with van der Waals surface area (Å²) in [6.45, 7) is 3.13. The second-order valence-electron chi connectivity index (χ2n) is 6.82. The van der Waals surface area contributed by atoms with Gasteiger partial charge in [0.15, 0.2) is 0 Å². The van der Waals surface area contributed by atoms with Gasteiger partial charge in [0.05, 0.1) is 5.92 Å². The van der Waals surface area contributed by atoms with E-state index in [9.17, 15) is 4.79 Å². The summed E-state index contributed by atoms with van der Waals surface area (Å²) in [5, 5.41) is 3.16. The van der Waals surface area contributed by atoms with Gasteiger partial charge in [-0.2, -0.15) is 0 Å². The van der Waals surface area contributed by atoms with Gasteiger partial charge in [-0.1, -0.05) is 13.3 Å². The molecule has 3 fully saturated rings. The van der Waals surface area contributed by atoms with Gasteiger partial charge in [-0.05, 0) is 49.4 Å². The van der Waals surface area contributed by atoms with Gasteiger partial charge in [0.1, 0.15) is 0 Å². The summed E-state index contributed by atoms with van der Waals surface area (Å²) in [5.41, 5.74) is 6.56. The standard InChI is InChI=1S/C14H24N2O.ClH/c1-14(5-2-6-14)8-16-13(17)11-9-3-4-10(7-9)12(11)15;/h9-12H,2-8,15H2,1H3,(H,16,17);1H/t9-,10+,11+,12-;/m1./s1. The molecule has 0 radical (unpaired) electrons. The Morgan fingerprint density at radius 1 is 1.33 bits per heavy atom. The maximum atomic E-state index is 12.2. The normalized spacial score (nSPS) is 39.9. The Morgan fingerprint density at radius 3 is 2.50 bits per heavy atom. The van der Waals surface area contributed by atoms with Crippen LogP contribution in [0.1, 0.15) is 45.4 Å². The van der Waals surface area contributed by atoms with E-state index in [4.69, 9.17) is 5.73 Å². The second kappa shape index (κ2) is 5.01. The highest BCUT2D eigenvalue weighted by molar-refractivity contribution is 5.85. The molecule has 4 atom stereocenters. The number of nitrogens with two attached hydrogens (primary N) is 1. The molecule has 0 saturated heterocycles. The van der Waals surface area contributed by atoms with Crippen LogP contribution in [0.5, 0.6) is 0 Å². The number of nitrogens with one attached hydrogen (secondary N) is 1. The molecular weight excluding hydrogens is 248 g/mol. The molecule has 0 heterocycles. The van der Waals surface area contributed by atoms with Crippen LogP contribution in [-0.4, -0.2) is 18.5 Å². The predicted molar refractivity (Wildman–Crippen MR) is 74.5 cm³/mol. The quantitative estimate of drug-likeness (QED) is 0.827. The molecule has 3 aliphatic carbocycles. The lowest BCUT2D eigenvalue weighted by atomic mass is 9.70. The topological polar surface area (TPSA) is 55.1 Å². The van der Waals surface area contributed by atoms with Crippen molar-refractivity contribution >= 4 is 18.3 Å². The Balaban J connectivity index is 0.00000120. The van der Waals surface area contributed by atoms with E-state index in [2.05, 4.69) is 12.2 Å². The molecule has 0 aromatic carbocycles. The number of hydrogen-bond donors (Lipinski definition) is 2. The number of fused-ring (bicyclic) bond motifs is 2. The summed E-state index contributed by atoms with van der Waals surface area (Å²) in [6, 6.07) is 0.128. The monoisotopic (exact) mass is 272 g/mol. The van der Waals surface area contributed by atoms with Gasteiger partial charge in [0.25, 0.3) is 0 Å². The molecule has 3 N–H and O–H groups in total. The van der Waals surface area contributed by atoms with Gasteiger partial charge in [0.2, 0.25) is 5.91 Å². The fourth-order valence-corrected chi connectivity index (χ4v) is 4.10. The Morgan fingerprint density at radius 2 is 2.00 bits per heavy atom.